The van der Waals surface area contributed by atoms with E-state index in [4.69, 9.17) is 0 Å². The number of benzene rings is 2. The zero-order valence-corrected chi connectivity index (χ0v) is 17.7. The number of nitrogens with zero attached hydrogens (tertiary/aromatic N) is 5. The number of anilines is 1. The Hall–Kier alpha value is -2.73. The van der Waals surface area contributed by atoms with Crippen molar-refractivity contribution in [3.63, 3.8) is 0 Å². The summed E-state index contributed by atoms with van der Waals surface area (Å²) < 4.78 is 3.04. The average Bonchev–Trinajstić information content (AvgIpc) is 3.19. The molecule has 29 heavy (non-hydrogen) atoms. The van der Waals surface area contributed by atoms with Crippen molar-refractivity contribution in [3.8, 4) is 0 Å². The van der Waals surface area contributed by atoms with Crippen molar-refractivity contribution in [1.82, 2.24) is 19.7 Å². The summed E-state index contributed by atoms with van der Waals surface area (Å²) in [5, 5.41) is 5.64. The van der Waals surface area contributed by atoms with Crippen LogP contribution in [0.25, 0.3) is 11.0 Å². The number of rotatable bonds is 4. The van der Waals surface area contributed by atoms with Crippen molar-refractivity contribution in [2.24, 2.45) is 0 Å². The Morgan fingerprint density at radius 1 is 0.931 bits per heavy atom. The minimum absolute atomic E-state index is 0.630. The molecule has 2 aromatic carbocycles. The van der Waals surface area contributed by atoms with Gasteiger partial charge in [-0.15, -0.1) is 0 Å². The Labute approximate surface area is 178 Å². The molecule has 0 bridgehead atoms. The first kappa shape index (κ1) is 18.3. The summed E-state index contributed by atoms with van der Waals surface area (Å²) in [7, 11) is 0. The van der Waals surface area contributed by atoms with Gasteiger partial charge in [-0.25, -0.2) is 14.6 Å². The molecule has 0 aliphatic carbocycles. The van der Waals surface area contributed by atoms with Gasteiger partial charge in [-0.2, -0.15) is 5.10 Å². The van der Waals surface area contributed by atoms with Crippen molar-refractivity contribution in [2.45, 2.75) is 25.3 Å². The van der Waals surface area contributed by atoms with E-state index in [1.54, 1.807) is 6.33 Å². The Kier molecular flexibility index (Phi) is 5.02. The van der Waals surface area contributed by atoms with Crippen molar-refractivity contribution in [2.75, 3.05) is 18.0 Å². The SMILES string of the molecule is Brc1ccc(Cn2ncc3c(N4CCC(c5ccccc5)CC4)ncnc32)cc1. The van der Waals surface area contributed by atoms with E-state index in [0.717, 1.165) is 47.3 Å². The van der Waals surface area contributed by atoms with Crippen LogP contribution >= 0.6 is 15.9 Å². The third-order valence-corrected chi connectivity index (χ3v) is 6.25. The fourth-order valence-corrected chi connectivity index (χ4v) is 4.43. The van der Waals surface area contributed by atoms with Crippen LogP contribution in [0.1, 0.15) is 29.9 Å². The van der Waals surface area contributed by atoms with E-state index >= 15 is 0 Å². The van der Waals surface area contributed by atoms with Gasteiger partial charge in [0.25, 0.3) is 0 Å². The van der Waals surface area contributed by atoms with Gasteiger partial charge in [0, 0.05) is 17.6 Å². The molecule has 4 aromatic rings. The Balaban J connectivity index is 1.36. The molecule has 0 unspecified atom stereocenters. The maximum atomic E-state index is 4.62. The quantitative estimate of drug-likeness (QED) is 0.440. The third-order valence-electron chi connectivity index (χ3n) is 5.72. The van der Waals surface area contributed by atoms with Gasteiger partial charge in [-0.1, -0.05) is 58.4 Å². The number of hydrogen-bond acceptors (Lipinski definition) is 4. The summed E-state index contributed by atoms with van der Waals surface area (Å²) in [6.45, 7) is 2.70. The zero-order chi connectivity index (χ0) is 19.6. The fourth-order valence-electron chi connectivity index (χ4n) is 4.16. The highest BCUT2D eigenvalue weighted by Gasteiger charge is 2.23. The van der Waals surface area contributed by atoms with Crippen LogP contribution in [0.5, 0.6) is 0 Å². The van der Waals surface area contributed by atoms with E-state index in [0.29, 0.717) is 12.5 Å². The molecule has 1 saturated heterocycles. The molecule has 2 aromatic heterocycles. The highest BCUT2D eigenvalue weighted by molar-refractivity contribution is 9.10. The number of halogens is 1. The molecule has 0 radical (unpaired) electrons. The summed E-state index contributed by atoms with van der Waals surface area (Å²) in [6.07, 6.45) is 5.86. The number of aromatic nitrogens is 4. The normalized spacial score (nSPS) is 15.1. The molecular formula is C23H22BrN5. The molecule has 5 nitrogen and oxygen atoms in total. The monoisotopic (exact) mass is 447 g/mol. The summed E-state index contributed by atoms with van der Waals surface area (Å²) in [4.78, 5) is 11.5. The van der Waals surface area contributed by atoms with Gasteiger partial charge in [0.15, 0.2) is 5.65 Å². The standard InChI is InChI=1S/C23H22BrN5/c24-20-8-6-17(7-9-20)15-29-23-21(14-27-29)22(25-16-26-23)28-12-10-19(11-13-28)18-4-2-1-3-5-18/h1-9,14,16,19H,10-13,15H2. The van der Waals surface area contributed by atoms with Gasteiger partial charge in [-0.3, -0.25) is 0 Å². The molecule has 0 N–H and O–H groups in total. The molecule has 1 aliphatic heterocycles. The minimum Gasteiger partial charge on any atom is -0.356 e. The van der Waals surface area contributed by atoms with Crippen LogP contribution in [0.2, 0.25) is 0 Å². The minimum atomic E-state index is 0.630. The second-order valence-electron chi connectivity index (χ2n) is 7.54. The highest BCUT2D eigenvalue weighted by Crippen LogP contribution is 2.32. The third kappa shape index (κ3) is 3.77. The molecule has 6 heteroatoms. The summed E-state index contributed by atoms with van der Waals surface area (Å²) in [5.41, 5.74) is 3.53. The fraction of sp³-hybridized carbons (Fsp3) is 0.261. The lowest BCUT2D eigenvalue weighted by Crippen LogP contribution is -2.33. The van der Waals surface area contributed by atoms with E-state index in [-0.39, 0.29) is 0 Å². The van der Waals surface area contributed by atoms with Crippen LogP contribution in [-0.2, 0) is 6.54 Å². The van der Waals surface area contributed by atoms with Crippen LogP contribution in [0.15, 0.2) is 71.6 Å². The van der Waals surface area contributed by atoms with Gasteiger partial charge in [-0.05, 0) is 42.0 Å². The smallest absolute Gasteiger partial charge is 0.163 e. The van der Waals surface area contributed by atoms with Gasteiger partial charge >= 0.3 is 0 Å². The lowest BCUT2D eigenvalue weighted by molar-refractivity contribution is 0.503. The van der Waals surface area contributed by atoms with Crippen LogP contribution in [-0.4, -0.2) is 32.8 Å². The number of fused-ring (bicyclic) bond motifs is 1. The lowest BCUT2D eigenvalue weighted by atomic mass is 9.89. The van der Waals surface area contributed by atoms with Crippen LogP contribution < -0.4 is 4.90 Å². The molecular weight excluding hydrogens is 426 g/mol. The molecule has 0 spiro atoms. The van der Waals surface area contributed by atoms with Gasteiger partial charge in [0.2, 0.25) is 0 Å². The largest absolute Gasteiger partial charge is 0.356 e. The number of hydrogen-bond donors (Lipinski definition) is 0. The summed E-state index contributed by atoms with van der Waals surface area (Å²) in [6, 6.07) is 19.2. The highest BCUT2D eigenvalue weighted by atomic mass is 79.9. The van der Waals surface area contributed by atoms with Crippen molar-refractivity contribution in [1.29, 1.82) is 0 Å². The molecule has 0 atom stereocenters. The Bertz CT molecular complexity index is 1100. The van der Waals surface area contributed by atoms with E-state index in [1.165, 1.54) is 11.1 Å². The molecule has 146 valence electrons. The molecule has 1 fully saturated rings. The van der Waals surface area contributed by atoms with Crippen LogP contribution in [0.3, 0.4) is 0 Å². The predicted molar refractivity (Wildman–Crippen MR) is 119 cm³/mol. The summed E-state index contributed by atoms with van der Waals surface area (Å²) >= 11 is 3.49. The van der Waals surface area contributed by atoms with E-state index in [2.05, 4.69) is 90.5 Å². The maximum Gasteiger partial charge on any atom is 0.163 e. The van der Waals surface area contributed by atoms with Gasteiger partial charge in [0.1, 0.15) is 12.1 Å². The first-order chi connectivity index (χ1) is 14.3. The summed E-state index contributed by atoms with van der Waals surface area (Å²) in [5.74, 6) is 1.63. The van der Waals surface area contributed by atoms with Crippen LogP contribution in [0.4, 0.5) is 5.82 Å². The Morgan fingerprint density at radius 3 is 2.45 bits per heavy atom. The first-order valence-corrected chi connectivity index (χ1v) is 10.8. The second kappa shape index (κ2) is 7.95. The predicted octanol–water partition coefficient (Wildman–Crippen LogP) is 5.02. The Morgan fingerprint density at radius 2 is 1.69 bits per heavy atom. The second-order valence-corrected chi connectivity index (χ2v) is 8.45. The maximum absolute atomic E-state index is 4.62. The van der Waals surface area contributed by atoms with Crippen molar-refractivity contribution in [3.05, 3.63) is 82.7 Å². The first-order valence-electron chi connectivity index (χ1n) is 9.99. The lowest BCUT2D eigenvalue weighted by Gasteiger charge is -2.33. The molecule has 3 heterocycles. The molecule has 1 aliphatic rings. The molecule has 0 saturated carbocycles. The number of piperidine rings is 1. The zero-order valence-electron chi connectivity index (χ0n) is 16.1. The van der Waals surface area contributed by atoms with E-state index < -0.39 is 0 Å². The topological polar surface area (TPSA) is 46.8 Å². The molecule has 0 amide bonds. The van der Waals surface area contributed by atoms with E-state index in [1.807, 2.05) is 10.9 Å². The van der Waals surface area contributed by atoms with Gasteiger partial charge < -0.3 is 4.90 Å². The van der Waals surface area contributed by atoms with Crippen LogP contribution in [0, 0.1) is 0 Å². The van der Waals surface area contributed by atoms with Gasteiger partial charge in [0.05, 0.1) is 18.1 Å². The molecule has 5 rings (SSSR count). The van der Waals surface area contributed by atoms with E-state index in [9.17, 15) is 0 Å². The van der Waals surface area contributed by atoms with Crippen molar-refractivity contribution < 1.29 is 0 Å². The van der Waals surface area contributed by atoms with Crippen molar-refractivity contribution >= 4 is 32.8 Å². The average molecular weight is 448 g/mol.